The number of halogens is 1. The predicted octanol–water partition coefficient (Wildman–Crippen LogP) is 7.30. The first-order valence-electron chi connectivity index (χ1n) is 30.9. The van der Waals surface area contributed by atoms with Gasteiger partial charge >= 0.3 is 6.01 Å². The third kappa shape index (κ3) is 9.72. The largest absolute Gasteiger partial charge is 0.486 e. The fourth-order valence-corrected chi connectivity index (χ4v) is 14.5. The number of rotatable bonds is 17. The minimum absolute atomic E-state index is 0.0144. The van der Waals surface area contributed by atoms with Crippen LogP contribution >= 0.6 is 0 Å². The molecule has 6 atom stereocenters. The Labute approximate surface area is 504 Å². The molecule has 1 saturated carbocycles. The predicted molar refractivity (Wildman–Crippen MR) is 325 cm³/mol. The summed E-state index contributed by atoms with van der Waals surface area (Å²) in [7, 11) is 0. The van der Waals surface area contributed by atoms with E-state index in [-0.39, 0.29) is 60.9 Å². The van der Waals surface area contributed by atoms with E-state index in [0.29, 0.717) is 102 Å². The van der Waals surface area contributed by atoms with Crippen molar-refractivity contribution in [2.24, 2.45) is 5.92 Å². The number of H-pyrrole nitrogens is 2. The number of hydrogen-bond donors (Lipinski definition) is 6. The maximum absolute atomic E-state index is 16.3. The van der Waals surface area contributed by atoms with Gasteiger partial charge in [-0.25, -0.2) is 4.39 Å². The number of carbonyl (C=O) groups is 2. The van der Waals surface area contributed by atoms with Gasteiger partial charge in [-0.15, -0.1) is 0 Å². The third-order valence-electron chi connectivity index (χ3n) is 19.0. The number of pyridine rings is 1. The van der Waals surface area contributed by atoms with Crippen LogP contribution in [-0.4, -0.2) is 141 Å². The molecular formula is C65H70FN13O9. The zero-order chi connectivity index (χ0) is 60.2. The van der Waals surface area contributed by atoms with E-state index in [9.17, 15) is 19.8 Å². The summed E-state index contributed by atoms with van der Waals surface area (Å²) < 4.78 is 45.2. The van der Waals surface area contributed by atoms with E-state index in [0.717, 1.165) is 88.0 Å². The second-order valence-electron chi connectivity index (χ2n) is 24.9. The van der Waals surface area contributed by atoms with Gasteiger partial charge in [0.05, 0.1) is 62.6 Å². The molecule has 10 heterocycles. The monoisotopic (exact) mass is 1200 g/mol. The van der Waals surface area contributed by atoms with Gasteiger partial charge < -0.3 is 54.6 Å². The van der Waals surface area contributed by atoms with Crippen molar-refractivity contribution in [1.82, 2.24) is 60.2 Å². The number of fused-ring (bicyclic) bond motifs is 8. The molecular weight excluding hydrogens is 1130 g/mol. The fourth-order valence-electron chi connectivity index (χ4n) is 14.5. The van der Waals surface area contributed by atoms with Gasteiger partial charge in [0.1, 0.15) is 41.9 Å². The van der Waals surface area contributed by atoms with Gasteiger partial charge in [-0.1, -0.05) is 38.1 Å². The summed E-state index contributed by atoms with van der Waals surface area (Å²) in [5.74, 6) is -0.303. The fraction of sp³-hybridized carbons (Fsp3) is 0.446. The number of aromatic nitrogens is 9. The second-order valence-corrected chi connectivity index (χ2v) is 24.9. The standard InChI is InChI=1S/C65H70FN13O9/c1-5-78-53(12-15-69-78)42-11-10-41(47-30-86-31-48(42)47)52(28-80)71-62(82)54-20-38(81)26-77(54)64(84)59(32(2)3)79-27-46-40-9-6-34(18-50(40)70-63(83)58(46)75-79)29-87-60-56(55-33(4)49(66)22-51-45(55)24-68-74-51)43(35-7-8-35)21-44-57(60)72-65(88-39-13-16-85-17-14-39)73-61(44)76-25-36-19-37(76)23-67-36/h6,9-12,15,18,21-22,24,27,32,35-39,52,54,59,67,80-81H,5,7-8,13-14,16-17,19-20,23,25-26,28-31H2,1-4H3,(H,68,74)(H,70,83)(H,71,82)/t36-,37-,38+,52-,54-,59-/m0/s1. The first kappa shape index (κ1) is 56.2. The Morgan fingerprint density at radius 2 is 1.76 bits per heavy atom. The lowest BCUT2D eigenvalue weighted by Crippen LogP contribution is -2.50. The lowest BCUT2D eigenvalue weighted by molar-refractivity contribution is -0.142. The van der Waals surface area contributed by atoms with Crippen LogP contribution in [0.5, 0.6) is 11.8 Å². The minimum Gasteiger partial charge on any atom is -0.486 e. The van der Waals surface area contributed by atoms with Gasteiger partial charge in [-0.3, -0.25) is 28.8 Å². The van der Waals surface area contributed by atoms with Crippen molar-refractivity contribution < 1.29 is 43.1 Å². The number of aryl methyl sites for hydroxylation is 1. The van der Waals surface area contributed by atoms with Crippen LogP contribution in [-0.2, 0) is 45.4 Å². The second kappa shape index (κ2) is 22.4. The van der Waals surface area contributed by atoms with E-state index in [2.05, 4.69) is 41.9 Å². The smallest absolute Gasteiger partial charge is 0.319 e. The highest BCUT2D eigenvalue weighted by Gasteiger charge is 2.45. The van der Waals surface area contributed by atoms with Crippen molar-refractivity contribution >= 4 is 61.2 Å². The highest BCUT2D eigenvalue weighted by Crippen LogP contribution is 2.54. The van der Waals surface area contributed by atoms with Crippen LogP contribution < -0.4 is 30.6 Å². The molecule has 6 N–H and O–H groups in total. The molecule has 0 unspecified atom stereocenters. The zero-order valence-electron chi connectivity index (χ0n) is 49.5. The first-order chi connectivity index (χ1) is 42.8. The zero-order valence-corrected chi connectivity index (χ0v) is 49.5. The number of likely N-dealkylation sites (tertiary alicyclic amines) is 1. The molecule has 2 amide bonds. The number of anilines is 1. The molecule has 9 aromatic rings. The third-order valence-corrected chi connectivity index (χ3v) is 19.0. The van der Waals surface area contributed by atoms with Crippen LogP contribution in [0.25, 0.3) is 66.0 Å². The Hall–Kier alpha value is -8.35. The number of ether oxygens (including phenoxy) is 4. The van der Waals surface area contributed by atoms with Crippen LogP contribution in [0.15, 0.2) is 71.9 Å². The molecule has 0 radical (unpaired) electrons. The summed E-state index contributed by atoms with van der Waals surface area (Å²) >= 11 is 0. The summed E-state index contributed by atoms with van der Waals surface area (Å²) in [6, 6.07) is 13.1. The van der Waals surface area contributed by atoms with E-state index in [1.165, 1.54) is 15.6 Å². The van der Waals surface area contributed by atoms with Gasteiger partial charge in [0, 0.05) is 114 Å². The molecule has 456 valence electrons. The number of hydrogen-bond acceptors (Lipinski definition) is 16. The van der Waals surface area contributed by atoms with Crippen LogP contribution in [0, 0.1) is 18.7 Å². The SMILES string of the molecule is CCn1nccc1-c1ccc([C@H](CO)NC(=O)[C@@H]2C[C@@H](O)CN2C(=O)[C@H](C(C)C)n2cc3c(n2)c(=O)[nH]c2cc(COc4c(-c5c(C)c(F)cc6[nH]ncc56)c(C5CC5)cc5c(N6C[C@@H]7C[C@H]6CN7)nc(OC6CCOCC6)nc45)ccc23)c2c1COC2. The van der Waals surface area contributed by atoms with Crippen LogP contribution in [0.4, 0.5) is 10.2 Å². The van der Waals surface area contributed by atoms with Crippen molar-refractivity contribution in [3.8, 4) is 34.1 Å². The average Bonchev–Trinajstić information content (AvgIpc) is 1.42. The molecule has 5 aromatic heterocycles. The van der Waals surface area contributed by atoms with Gasteiger partial charge in [0.15, 0.2) is 11.3 Å². The van der Waals surface area contributed by atoms with E-state index >= 15 is 9.18 Å². The van der Waals surface area contributed by atoms with Crippen molar-refractivity contribution in [2.75, 3.05) is 44.4 Å². The van der Waals surface area contributed by atoms with Crippen molar-refractivity contribution in [3.63, 3.8) is 0 Å². The number of carbonyl (C=O) groups excluding carboxylic acids is 2. The minimum atomic E-state index is -1.07. The van der Waals surface area contributed by atoms with E-state index in [4.69, 9.17) is 34.0 Å². The maximum atomic E-state index is 16.3. The normalized spacial score (nSPS) is 21.0. The Morgan fingerprint density at radius 1 is 0.920 bits per heavy atom. The summed E-state index contributed by atoms with van der Waals surface area (Å²) in [5.41, 5.74) is 9.31. The maximum Gasteiger partial charge on any atom is 0.319 e. The molecule has 23 heteroatoms. The average molecular weight is 1200 g/mol. The lowest BCUT2D eigenvalue weighted by atomic mass is 9.88. The molecule has 5 aliphatic heterocycles. The molecule has 22 nitrogen and oxygen atoms in total. The van der Waals surface area contributed by atoms with Crippen molar-refractivity contribution in [2.45, 2.75) is 141 Å². The highest BCUT2D eigenvalue weighted by molar-refractivity contribution is 6.07. The van der Waals surface area contributed by atoms with E-state index < -0.39 is 48.2 Å². The molecule has 1 aliphatic carbocycles. The van der Waals surface area contributed by atoms with Crippen LogP contribution in [0.2, 0.25) is 0 Å². The topological polar surface area (TPSA) is 265 Å². The van der Waals surface area contributed by atoms with Gasteiger partial charge in [-0.05, 0) is 103 Å². The number of nitrogens with one attached hydrogen (secondary N) is 4. The molecule has 0 spiro atoms. The van der Waals surface area contributed by atoms with Crippen LogP contribution in [0.3, 0.4) is 0 Å². The number of aromatic amines is 2. The number of nitrogens with zero attached hydrogens (tertiary/aromatic N) is 9. The highest BCUT2D eigenvalue weighted by atomic mass is 19.1. The molecule has 5 fully saturated rings. The Morgan fingerprint density at radius 3 is 2.53 bits per heavy atom. The van der Waals surface area contributed by atoms with Crippen LogP contribution in [0.1, 0.15) is 111 Å². The number of aliphatic hydroxyl groups excluding tert-OH is 2. The summed E-state index contributed by atoms with van der Waals surface area (Å²) in [4.78, 5) is 61.0. The van der Waals surface area contributed by atoms with E-state index in [1.54, 1.807) is 25.5 Å². The van der Waals surface area contributed by atoms with Crippen molar-refractivity contribution in [1.29, 1.82) is 0 Å². The summed E-state index contributed by atoms with van der Waals surface area (Å²) in [6.45, 7) is 11.2. The lowest BCUT2D eigenvalue weighted by Gasteiger charge is -2.31. The number of β-amino-alcohol motifs (C(OH)–C–C–N with tert-alkyl or cyclic N) is 1. The Balaban J connectivity index is 0.756. The number of amides is 2. The molecule has 88 heavy (non-hydrogen) atoms. The number of benzene rings is 4. The summed E-state index contributed by atoms with van der Waals surface area (Å²) in [5, 5.41) is 47.9. The molecule has 15 rings (SSSR count). The first-order valence-corrected chi connectivity index (χ1v) is 30.9. The van der Waals surface area contributed by atoms with Gasteiger partial charge in [0.25, 0.3) is 5.56 Å². The molecule has 4 aromatic carbocycles. The van der Waals surface area contributed by atoms with Crippen molar-refractivity contribution in [3.05, 3.63) is 117 Å². The number of piperazine rings is 1. The van der Waals surface area contributed by atoms with Gasteiger partial charge in [0.2, 0.25) is 11.8 Å². The Bertz CT molecular complexity index is 4320. The van der Waals surface area contributed by atoms with E-state index in [1.807, 2.05) is 61.9 Å². The number of aliphatic hydroxyl groups is 2. The Kier molecular flexibility index (Phi) is 14.3. The van der Waals surface area contributed by atoms with Gasteiger partial charge in [-0.2, -0.15) is 25.3 Å². The molecule has 2 bridgehead atoms. The molecule has 6 aliphatic rings. The summed E-state index contributed by atoms with van der Waals surface area (Å²) in [6.07, 6.45) is 8.32. The molecule has 4 saturated heterocycles. The quantitative estimate of drug-likeness (QED) is 0.0522.